The van der Waals surface area contributed by atoms with E-state index in [9.17, 15) is 14.0 Å². The van der Waals surface area contributed by atoms with Gasteiger partial charge in [0.1, 0.15) is 11.9 Å². The number of carboxylic acids is 1. The molecule has 1 rings (SSSR count). The van der Waals surface area contributed by atoms with Gasteiger partial charge in [-0.05, 0) is 23.6 Å². The van der Waals surface area contributed by atoms with Crippen LogP contribution in [0.5, 0.6) is 0 Å². The fourth-order valence-electron chi connectivity index (χ4n) is 1.70. The first-order valence-corrected chi connectivity index (χ1v) is 6.45. The molecule has 0 radical (unpaired) electrons. The van der Waals surface area contributed by atoms with Crippen LogP contribution in [-0.2, 0) is 11.3 Å². The highest BCUT2D eigenvalue weighted by molar-refractivity contribution is 5.82. The molecule has 0 unspecified atom stereocenters. The van der Waals surface area contributed by atoms with Gasteiger partial charge in [-0.3, -0.25) is 0 Å². The Bertz CT molecular complexity index is 479. The first kappa shape index (κ1) is 15.9. The summed E-state index contributed by atoms with van der Waals surface area (Å²) in [5.41, 5.74) is 0.607. The number of urea groups is 1. The Hall–Kier alpha value is -2.11. The van der Waals surface area contributed by atoms with E-state index in [-0.39, 0.29) is 18.3 Å². The van der Waals surface area contributed by atoms with Crippen molar-refractivity contribution in [2.75, 3.05) is 0 Å². The van der Waals surface area contributed by atoms with E-state index in [1.807, 2.05) is 6.92 Å². The number of benzene rings is 1. The van der Waals surface area contributed by atoms with Crippen LogP contribution in [0.4, 0.5) is 9.18 Å². The fraction of sp³-hybridized carbons (Fsp3) is 0.429. The van der Waals surface area contributed by atoms with Crippen LogP contribution in [0.15, 0.2) is 24.3 Å². The van der Waals surface area contributed by atoms with Gasteiger partial charge in [0.25, 0.3) is 0 Å². The van der Waals surface area contributed by atoms with E-state index in [1.54, 1.807) is 19.1 Å². The zero-order chi connectivity index (χ0) is 15.1. The maximum atomic E-state index is 13.0. The van der Waals surface area contributed by atoms with Crippen LogP contribution < -0.4 is 10.6 Å². The van der Waals surface area contributed by atoms with Crippen LogP contribution in [0.1, 0.15) is 25.8 Å². The molecule has 2 amide bonds. The third-order valence-electron chi connectivity index (χ3n) is 3.11. The molecule has 3 N–H and O–H groups in total. The summed E-state index contributed by atoms with van der Waals surface area (Å²) in [6, 6.07) is 4.32. The lowest BCUT2D eigenvalue weighted by Gasteiger charge is -2.20. The van der Waals surface area contributed by atoms with Crippen molar-refractivity contribution in [1.82, 2.24) is 10.6 Å². The third kappa shape index (κ3) is 4.87. The number of halogens is 1. The second-order valence-corrected chi connectivity index (χ2v) is 4.66. The fourth-order valence-corrected chi connectivity index (χ4v) is 1.70. The standard InChI is InChI=1S/C14H19FN2O3/c1-3-9(2)12(13(18)19)17-14(20)16-8-10-5-4-6-11(15)7-10/h4-7,9,12H,3,8H2,1-2H3,(H,18,19)(H2,16,17,20)/t9-,12-/m0/s1. The summed E-state index contributed by atoms with van der Waals surface area (Å²) in [4.78, 5) is 22.7. The first-order chi connectivity index (χ1) is 9.43. The molecule has 0 bridgehead atoms. The summed E-state index contributed by atoms with van der Waals surface area (Å²) >= 11 is 0. The molecule has 0 fully saturated rings. The molecule has 2 atom stereocenters. The van der Waals surface area contributed by atoms with Crippen molar-refractivity contribution in [1.29, 1.82) is 0 Å². The highest BCUT2D eigenvalue weighted by atomic mass is 19.1. The van der Waals surface area contributed by atoms with Crippen molar-refractivity contribution in [3.8, 4) is 0 Å². The average molecular weight is 282 g/mol. The molecule has 110 valence electrons. The molecule has 0 aliphatic carbocycles. The van der Waals surface area contributed by atoms with Crippen LogP contribution in [0.25, 0.3) is 0 Å². The van der Waals surface area contributed by atoms with Gasteiger partial charge in [0.15, 0.2) is 0 Å². The Morgan fingerprint density at radius 1 is 1.40 bits per heavy atom. The Morgan fingerprint density at radius 2 is 2.10 bits per heavy atom. The maximum absolute atomic E-state index is 13.0. The zero-order valence-corrected chi connectivity index (χ0v) is 11.5. The molecule has 6 heteroatoms. The van der Waals surface area contributed by atoms with E-state index in [2.05, 4.69) is 10.6 Å². The quantitative estimate of drug-likeness (QED) is 0.748. The van der Waals surface area contributed by atoms with Gasteiger partial charge in [0, 0.05) is 6.54 Å². The van der Waals surface area contributed by atoms with Gasteiger partial charge in [0.05, 0.1) is 0 Å². The molecule has 0 aromatic heterocycles. The minimum atomic E-state index is -1.07. The number of rotatable bonds is 6. The molecule has 0 spiro atoms. The highest BCUT2D eigenvalue weighted by Crippen LogP contribution is 2.08. The number of amides is 2. The van der Waals surface area contributed by atoms with E-state index in [0.717, 1.165) is 0 Å². The summed E-state index contributed by atoms with van der Waals surface area (Å²) in [7, 11) is 0. The number of carboxylic acid groups (broad SMARTS) is 1. The van der Waals surface area contributed by atoms with E-state index >= 15 is 0 Å². The molecular weight excluding hydrogens is 263 g/mol. The molecule has 20 heavy (non-hydrogen) atoms. The predicted molar refractivity (Wildman–Crippen MR) is 72.7 cm³/mol. The summed E-state index contributed by atoms with van der Waals surface area (Å²) in [6.07, 6.45) is 0.640. The zero-order valence-electron chi connectivity index (χ0n) is 11.5. The minimum Gasteiger partial charge on any atom is -0.480 e. The second-order valence-electron chi connectivity index (χ2n) is 4.66. The van der Waals surface area contributed by atoms with Crippen molar-refractivity contribution in [3.05, 3.63) is 35.6 Å². The number of aliphatic carboxylic acids is 1. The SMILES string of the molecule is CC[C@H](C)[C@H](NC(=O)NCc1cccc(F)c1)C(=O)O. The molecule has 0 aliphatic heterocycles. The van der Waals surface area contributed by atoms with Crippen LogP contribution >= 0.6 is 0 Å². The van der Waals surface area contributed by atoms with Gasteiger partial charge < -0.3 is 15.7 Å². The molecule has 0 aliphatic rings. The lowest BCUT2D eigenvalue weighted by molar-refractivity contribution is -0.140. The van der Waals surface area contributed by atoms with Crippen LogP contribution in [-0.4, -0.2) is 23.1 Å². The normalized spacial score (nSPS) is 13.3. The molecule has 0 saturated carbocycles. The maximum Gasteiger partial charge on any atom is 0.326 e. The van der Waals surface area contributed by atoms with Crippen molar-refractivity contribution >= 4 is 12.0 Å². The van der Waals surface area contributed by atoms with E-state index in [1.165, 1.54) is 12.1 Å². The number of carbonyl (C=O) groups is 2. The van der Waals surface area contributed by atoms with Gasteiger partial charge >= 0.3 is 12.0 Å². The number of carbonyl (C=O) groups excluding carboxylic acids is 1. The van der Waals surface area contributed by atoms with Gasteiger partial charge in [-0.25, -0.2) is 14.0 Å². The molecule has 1 aromatic carbocycles. The lowest BCUT2D eigenvalue weighted by Crippen LogP contribution is -2.48. The minimum absolute atomic E-state index is 0.135. The Kier molecular flexibility index (Phi) is 5.96. The van der Waals surface area contributed by atoms with Gasteiger partial charge in [-0.2, -0.15) is 0 Å². The van der Waals surface area contributed by atoms with E-state index in [4.69, 9.17) is 5.11 Å². The van der Waals surface area contributed by atoms with Crippen LogP contribution in [0, 0.1) is 11.7 Å². The van der Waals surface area contributed by atoms with E-state index < -0.39 is 18.0 Å². The molecule has 1 aromatic rings. The van der Waals surface area contributed by atoms with Gasteiger partial charge in [0.2, 0.25) is 0 Å². The van der Waals surface area contributed by atoms with Crippen molar-refractivity contribution in [2.24, 2.45) is 5.92 Å². The second kappa shape index (κ2) is 7.47. The monoisotopic (exact) mass is 282 g/mol. The summed E-state index contributed by atoms with van der Waals surface area (Å²) in [5, 5.41) is 14.0. The molecular formula is C14H19FN2O3. The smallest absolute Gasteiger partial charge is 0.326 e. The summed E-state index contributed by atoms with van der Waals surface area (Å²) in [6.45, 7) is 3.75. The van der Waals surface area contributed by atoms with Crippen molar-refractivity contribution in [2.45, 2.75) is 32.9 Å². The lowest BCUT2D eigenvalue weighted by atomic mass is 9.99. The summed E-state index contributed by atoms with van der Waals surface area (Å²) in [5.74, 6) is -1.62. The van der Waals surface area contributed by atoms with Gasteiger partial charge in [-0.1, -0.05) is 32.4 Å². The Balaban J connectivity index is 2.52. The number of hydrogen-bond donors (Lipinski definition) is 3. The van der Waals surface area contributed by atoms with E-state index in [0.29, 0.717) is 12.0 Å². The van der Waals surface area contributed by atoms with Crippen LogP contribution in [0.3, 0.4) is 0 Å². The number of hydrogen-bond acceptors (Lipinski definition) is 2. The summed E-state index contributed by atoms with van der Waals surface area (Å²) < 4.78 is 13.0. The first-order valence-electron chi connectivity index (χ1n) is 6.45. The average Bonchev–Trinajstić information content (AvgIpc) is 2.41. The van der Waals surface area contributed by atoms with Crippen molar-refractivity contribution in [3.63, 3.8) is 0 Å². The van der Waals surface area contributed by atoms with Crippen LogP contribution in [0.2, 0.25) is 0 Å². The predicted octanol–water partition coefficient (Wildman–Crippen LogP) is 2.12. The largest absolute Gasteiger partial charge is 0.480 e. The Labute approximate surface area is 117 Å². The molecule has 0 saturated heterocycles. The molecule has 5 nitrogen and oxygen atoms in total. The van der Waals surface area contributed by atoms with Gasteiger partial charge in [-0.15, -0.1) is 0 Å². The van der Waals surface area contributed by atoms with Crippen molar-refractivity contribution < 1.29 is 19.1 Å². The molecule has 0 heterocycles. The number of nitrogens with one attached hydrogen (secondary N) is 2. The third-order valence-corrected chi connectivity index (χ3v) is 3.11. The Morgan fingerprint density at radius 3 is 2.65 bits per heavy atom. The topological polar surface area (TPSA) is 78.4 Å². The highest BCUT2D eigenvalue weighted by Gasteiger charge is 2.24.